The number of hydrogen-bond donors (Lipinski definition) is 1. The summed E-state index contributed by atoms with van der Waals surface area (Å²) in [7, 11) is 0. The van der Waals surface area contributed by atoms with E-state index in [-0.39, 0.29) is 23.5 Å². The molecule has 0 radical (unpaired) electrons. The second-order valence-corrected chi connectivity index (χ2v) is 14.7. The third kappa shape index (κ3) is 6.66. The lowest BCUT2D eigenvalue weighted by Gasteiger charge is -2.46. The first-order chi connectivity index (χ1) is 25.0. The molecule has 9 nitrogen and oxygen atoms in total. The molecule has 1 N–H and O–H groups in total. The van der Waals surface area contributed by atoms with Crippen LogP contribution in [0, 0.1) is 19.3 Å². The number of hydrogen-bond acceptors (Lipinski definition) is 9. The number of nitrogens with zero attached hydrogens (tertiary/aromatic N) is 3. The fourth-order valence-corrected chi connectivity index (χ4v) is 7.61. The van der Waals surface area contributed by atoms with Crippen LogP contribution in [0.25, 0.3) is 56.2 Å². The summed E-state index contributed by atoms with van der Waals surface area (Å²) in [5, 5.41) is 3.08. The van der Waals surface area contributed by atoms with Gasteiger partial charge in [0.25, 0.3) is 0 Å². The summed E-state index contributed by atoms with van der Waals surface area (Å²) >= 11 is 0. The second kappa shape index (κ2) is 13.4. The highest BCUT2D eigenvalue weighted by Crippen LogP contribution is 2.39. The number of oxazole rings is 2. The lowest BCUT2D eigenvalue weighted by Crippen LogP contribution is -2.52. The first kappa shape index (κ1) is 34.0. The van der Waals surface area contributed by atoms with Crippen molar-refractivity contribution in [2.75, 3.05) is 19.6 Å². The Kier molecular flexibility index (Phi) is 8.79. The molecule has 268 valence electrons. The predicted octanol–water partition coefficient (Wildman–Crippen LogP) is 8.83. The summed E-state index contributed by atoms with van der Waals surface area (Å²) in [6.07, 6.45) is 1.54. The smallest absolute Gasteiger partial charge is 0.387 e. The number of fused-ring (bicyclic) bond motifs is 2. The van der Waals surface area contributed by atoms with Crippen molar-refractivity contribution in [3.8, 4) is 39.8 Å². The van der Waals surface area contributed by atoms with Crippen LogP contribution in [0.1, 0.15) is 48.9 Å². The summed E-state index contributed by atoms with van der Waals surface area (Å²) in [6.45, 7) is 9.14. The molecule has 2 aliphatic heterocycles. The average molecular weight is 707 g/mol. The maximum atomic E-state index is 13.4. The summed E-state index contributed by atoms with van der Waals surface area (Å²) in [5.41, 5.74) is 9.70. The molecule has 0 unspecified atom stereocenters. The minimum absolute atomic E-state index is 0.133. The van der Waals surface area contributed by atoms with Gasteiger partial charge in [-0.3, -0.25) is 9.69 Å². The standard InChI is InChI=1S/C41H40F2N4O5/c1-23-27(8-5-10-29(23)37-45-32-16-25(13-14-34(32)50-37)19-47-21-41(3,4)22-47)28-9-6-11-30(24(28)2)38-46-33-17-26(20-49-39(48)31-12-7-15-44-31)35(52-40(42)43)18-36(33)51-38/h5-6,8-11,13-14,16-18,31,40,44H,7,12,15,19-22H2,1-4H3/t31-/m0/s1. The first-order valence-corrected chi connectivity index (χ1v) is 17.6. The van der Waals surface area contributed by atoms with Crippen LogP contribution in [0.15, 0.2) is 75.6 Å². The number of alkyl halides is 2. The monoisotopic (exact) mass is 706 g/mol. The van der Waals surface area contributed by atoms with Crippen molar-refractivity contribution in [2.24, 2.45) is 5.41 Å². The topological polar surface area (TPSA) is 103 Å². The number of carbonyl (C=O) groups is 1. The number of carbonyl (C=O) groups excluding carboxylic acids is 1. The van der Waals surface area contributed by atoms with Crippen LogP contribution in [0.4, 0.5) is 8.78 Å². The molecular formula is C41H40F2N4O5. The Morgan fingerprint density at radius 3 is 2.15 bits per heavy atom. The van der Waals surface area contributed by atoms with Crippen LogP contribution in [-0.4, -0.2) is 53.1 Å². The molecule has 0 spiro atoms. The number of likely N-dealkylation sites (tertiary alicyclic amines) is 1. The number of aromatic nitrogens is 2. The second-order valence-electron chi connectivity index (χ2n) is 14.7. The Bertz CT molecular complexity index is 2300. The summed E-state index contributed by atoms with van der Waals surface area (Å²) in [5.74, 6) is 0.324. The summed E-state index contributed by atoms with van der Waals surface area (Å²) in [6, 6.07) is 20.7. The molecule has 2 saturated heterocycles. The van der Waals surface area contributed by atoms with Gasteiger partial charge in [0.15, 0.2) is 11.2 Å². The maximum absolute atomic E-state index is 13.4. The molecule has 52 heavy (non-hydrogen) atoms. The van der Waals surface area contributed by atoms with Crippen LogP contribution >= 0.6 is 0 Å². The van der Waals surface area contributed by atoms with Gasteiger partial charge >= 0.3 is 12.6 Å². The van der Waals surface area contributed by atoms with Crippen LogP contribution in [0.3, 0.4) is 0 Å². The van der Waals surface area contributed by atoms with Crippen molar-refractivity contribution in [1.82, 2.24) is 20.2 Å². The molecule has 1 atom stereocenters. The van der Waals surface area contributed by atoms with Gasteiger partial charge in [0.2, 0.25) is 11.8 Å². The Hall–Kier alpha value is -5.13. The maximum Gasteiger partial charge on any atom is 0.387 e. The van der Waals surface area contributed by atoms with Crippen molar-refractivity contribution in [3.05, 3.63) is 89.0 Å². The Balaban J connectivity index is 1.08. The molecule has 0 bridgehead atoms. The van der Waals surface area contributed by atoms with Gasteiger partial charge in [-0.25, -0.2) is 9.97 Å². The highest BCUT2D eigenvalue weighted by molar-refractivity contribution is 5.85. The molecule has 2 fully saturated rings. The van der Waals surface area contributed by atoms with Crippen molar-refractivity contribution in [1.29, 1.82) is 0 Å². The largest absolute Gasteiger partial charge is 0.460 e. The van der Waals surface area contributed by atoms with Gasteiger partial charge in [-0.05, 0) is 96.8 Å². The minimum Gasteiger partial charge on any atom is -0.460 e. The minimum atomic E-state index is -3.07. The zero-order valence-corrected chi connectivity index (χ0v) is 29.6. The third-order valence-electron chi connectivity index (χ3n) is 10.1. The van der Waals surface area contributed by atoms with Crippen molar-refractivity contribution in [3.63, 3.8) is 0 Å². The highest BCUT2D eigenvalue weighted by atomic mass is 19.3. The van der Waals surface area contributed by atoms with Gasteiger partial charge in [-0.15, -0.1) is 0 Å². The van der Waals surface area contributed by atoms with Gasteiger partial charge < -0.3 is 23.6 Å². The molecule has 4 heterocycles. The lowest BCUT2D eigenvalue weighted by molar-refractivity contribution is -0.147. The van der Waals surface area contributed by atoms with Crippen molar-refractivity contribution < 1.29 is 31.9 Å². The molecule has 11 heteroatoms. The van der Waals surface area contributed by atoms with E-state index in [1.165, 1.54) is 11.6 Å². The molecule has 2 aromatic heterocycles. The van der Waals surface area contributed by atoms with E-state index in [0.717, 1.165) is 77.1 Å². The normalized spacial score (nSPS) is 17.2. The molecule has 4 aromatic carbocycles. The molecule has 0 aliphatic carbocycles. The SMILES string of the molecule is Cc1c(-c2nc3cc(CN4CC(C)(C)C4)ccc3o2)cccc1-c1cccc(-c2nc3cc(COC(=O)[C@@H]4CCCN4)c(OC(F)F)cc3o2)c1C. The van der Waals surface area contributed by atoms with E-state index in [9.17, 15) is 13.6 Å². The number of esters is 1. The third-order valence-corrected chi connectivity index (χ3v) is 10.1. The molecule has 0 saturated carbocycles. The van der Waals surface area contributed by atoms with Gasteiger partial charge in [-0.2, -0.15) is 8.78 Å². The van der Waals surface area contributed by atoms with Crippen molar-refractivity contribution in [2.45, 2.75) is 66.3 Å². The molecule has 2 aliphatic rings. The van der Waals surface area contributed by atoms with Gasteiger partial charge in [0.05, 0.1) is 0 Å². The number of benzene rings is 4. The Morgan fingerprint density at radius 1 is 0.904 bits per heavy atom. The Labute approximate surface area is 299 Å². The van der Waals surface area contributed by atoms with E-state index in [1.807, 2.05) is 43.3 Å². The van der Waals surface area contributed by atoms with E-state index in [2.05, 4.69) is 49.2 Å². The number of ether oxygens (including phenoxy) is 2. The van der Waals surface area contributed by atoms with Crippen LogP contribution in [-0.2, 0) is 22.7 Å². The van der Waals surface area contributed by atoms with Crippen LogP contribution < -0.4 is 10.1 Å². The van der Waals surface area contributed by atoms with Gasteiger partial charge in [0, 0.05) is 42.4 Å². The van der Waals surface area contributed by atoms with Gasteiger partial charge in [-0.1, -0.05) is 44.2 Å². The first-order valence-electron chi connectivity index (χ1n) is 17.6. The van der Waals surface area contributed by atoms with E-state index >= 15 is 0 Å². The lowest BCUT2D eigenvalue weighted by atomic mass is 9.84. The molecule has 6 aromatic rings. The molecule has 8 rings (SSSR count). The fourth-order valence-electron chi connectivity index (χ4n) is 7.61. The zero-order chi connectivity index (χ0) is 36.1. The number of nitrogens with one attached hydrogen (secondary N) is 1. The Morgan fingerprint density at radius 2 is 1.54 bits per heavy atom. The van der Waals surface area contributed by atoms with E-state index in [1.54, 1.807) is 6.07 Å². The summed E-state index contributed by atoms with van der Waals surface area (Å²) < 4.78 is 49.5. The van der Waals surface area contributed by atoms with Crippen molar-refractivity contribution >= 4 is 28.2 Å². The highest BCUT2D eigenvalue weighted by Gasteiger charge is 2.33. The summed E-state index contributed by atoms with van der Waals surface area (Å²) in [4.78, 5) is 24.6. The van der Waals surface area contributed by atoms with Crippen LogP contribution in [0.5, 0.6) is 5.75 Å². The van der Waals surface area contributed by atoms with E-state index in [4.69, 9.17) is 28.3 Å². The predicted molar refractivity (Wildman–Crippen MR) is 194 cm³/mol. The average Bonchev–Trinajstić information content (AvgIpc) is 3.87. The van der Waals surface area contributed by atoms with Gasteiger partial charge in [0.1, 0.15) is 29.4 Å². The van der Waals surface area contributed by atoms with Crippen LogP contribution in [0.2, 0.25) is 0 Å². The zero-order valence-electron chi connectivity index (χ0n) is 29.6. The molecular weight excluding hydrogens is 666 g/mol. The molecule has 0 amide bonds. The quantitative estimate of drug-likeness (QED) is 0.140. The van der Waals surface area contributed by atoms with E-state index in [0.29, 0.717) is 29.1 Å². The number of rotatable bonds is 10. The van der Waals surface area contributed by atoms with E-state index < -0.39 is 18.6 Å². The number of halogens is 2. The fraction of sp³-hybridized carbons (Fsp3) is 0.341.